The molecule has 0 aromatic rings. The van der Waals surface area contributed by atoms with Crippen LogP contribution in [0.15, 0.2) is 0 Å². The zero-order chi connectivity index (χ0) is 13.8. The van der Waals surface area contributed by atoms with Crippen molar-refractivity contribution in [3.63, 3.8) is 0 Å². The van der Waals surface area contributed by atoms with E-state index in [-0.39, 0.29) is 18.4 Å². The summed E-state index contributed by atoms with van der Waals surface area (Å²) >= 11 is 0. The van der Waals surface area contributed by atoms with Crippen molar-refractivity contribution in [1.82, 2.24) is 10.2 Å². The molecule has 104 valence electrons. The minimum absolute atomic E-state index is 0.0223. The first-order valence-corrected chi connectivity index (χ1v) is 6.51. The molecule has 0 radical (unpaired) electrons. The number of hydrogen-bond acceptors (Lipinski definition) is 3. The molecule has 0 bridgehead atoms. The summed E-state index contributed by atoms with van der Waals surface area (Å²) in [5, 5.41) is 2.69. The largest absolute Gasteiger partial charge is 0.381 e. The molecule has 1 saturated heterocycles. The minimum Gasteiger partial charge on any atom is -0.381 e. The highest BCUT2D eigenvalue weighted by atomic mass is 16.5. The summed E-state index contributed by atoms with van der Waals surface area (Å²) in [4.78, 5) is 25.1. The Balaban J connectivity index is 2.33. The molecule has 2 amide bonds. The second-order valence-corrected chi connectivity index (χ2v) is 5.72. The van der Waals surface area contributed by atoms with Crippen LogP contribution >= 0.6 is 0 Å². The Hall–Kier alpha value is -1.10. The van der Waals surface area contributed by atoms with Crippen LogP contribution in [0.4, 0.5) is 0 Å². The van der Waals surface area contributed by atoms with E-state index in [4.69, 9.17) is 4.74 Å². The highest BCUT2D eigenvalue weighted by molar-refractivity contribution is 5.97. The lowest BCUT2D eigenvalue weighted by Gasteiger charge is -2.37. The number of carbonyl (C=O) groups excluding carboxylic acids is 2. The zero-order valence-electron chi connectivity index (χ0n) is 11.8. The first kappa shape index (κ1) is 15.0. The average Bonchev–Trinajstić information content (AvgIpc) is 2.23. The Kier molecular flexibility index (Phi) is 5.14. The lowest BCUT2D eigenvalue weighted by atomic mass is 10.0. The van der Waals surface area contributed by atoms with Crippen LogP contribution < -0.4 is 5.32 Å². The summed E-state index contributed by atoms with van der Waals surface area (Å²) in [6, 6.07) is 0. The molecule has 1 fully saturated rings. The Bertz CT molecular complexity index is 313. The number of nitrogens with one attached hydrogen (secondary N) is 1. The molecule has 0 aromatic heterocycles. The van der Waals surface area contributed by atoms with Gasteiger partial charge >= 0.3 is 0 Å². The fourth-order valence-corrected chi connectivity index (χ4v) is 1.94. The monoisotopic (exact) mass is 256 g/mol. The van der Waals surface area contributed by atoms with Crippen molar-refractivity contribution >= 4 is 11.8 Å². The maximum absolute atomic E-state index is 12.0. The number of carbonyl (C=O) groups is 2. The van der Waals surface area contributed by atoms with Gasteiger partial charge in [0, 0.05) is 19.8 Å². The van der Waals surface area contributed by atoms with Crippen LogP contribution in [-0.4, -0.2) is 48.6 Å². The second kappa shape index (κ2) is 6.18. The zero-order valence-corrected chi connectivity index (χ0v) is 11.8. The first-order valence-electron chi connectivity index (χ1n) is 6.51. The third-order valence-corrected chi connectivity index (χ3v) is 2.78. The van der Waals surface area contributed by atoms with Crippen molar-refractivity contribution in [2.24, 2.45) is 5.92 Å². The van der Waals surface area contributed by atoms with E-state index >= 15 is 0 Å². The van der Waals surface area contributed by atoms with E-state index in [2.05, 4.69) is 19.2 Å². The van der Waals surface area contributed by atoms with Crippen LogP contribution in [0.3, 0.4) is 0 Å². The van der Waals surface area contributed by atoms with E-state index in [1.54, 1.807) is 18.7 Å². The molecular weight excluding hydrogens is 232 g/mol. The molecule has 18 heavy (non-hydrogen) atoms. The van der Waals surface area contributed by atoms with E-state index in [1.165, 1.54) is 0 Å². The lowest BCUT2D eigenvalue weighted by molar-refractivity contribution is -0.148. The van der Waals surface area contributed by atoms with Crippen LogP contribution in [-0.2, 0) is 14.3 Å². The average molecular weight is 256 g/mol. The summed E-state index contributed by atoms with van der Waals surface area (Å²) < 4.78 is 5.46. The van der Waals surface area contributed by atoms with Gasteiger partial charge in [0.2, 0.25) is 11.8 Å². The molecule has 1 heterocycles. The molecule has 1 rings (SSSR count). The molecule has 0 aliphatic carbocycles. The van der Waals surface area contributed by atoms with Gasteiger partial charge in [-0.25, -0.2) is 0 Å². The molecule has 0 aromatic carbocycles. The first-order chi connectivity index (χ1) is 8.33. The smallest absolute Gasteiger partial charge is 0.248 e. The highest BCUT2D eigenvalue weighted by Crippen LogP contribution is 2.13. The van der Waals surface area contributed by atoms with Gasteiger partial charge in [-0.3, -0.25) is 9.59 Å². The normalized spacial score (nSPS) is 19.3. The fourth-order valence-electron chi connectivity index (χ4n) is 1.94. The summed E-state index contributed by atoms with van der Waals surface area (Å²) in [5.41, 5.74) is -0.784. The van der Waals surface area contributed by atoms with Crippen LogP contribution in [0.2, 0.25) is 0 Å². The van der Waals surface area contributed by atoms with Crippen molar-refractivity contribution in [2.75, 3.05) is 26.3 Å². The van der Waals surface area contributed by atoms with Crippen LogP contribution in [0.1, 0.15) is 34.1 Å². The summed E-state index contributed by atoms with van der Waals surface area (Å²) in [6.07, 6.45) is 0.766. The number of ether oxygens (including phenoxy) is 1. The standard InChI is InChI=1S/C13H24N2O3/c1-10(2)9-18-7-5-6-15-8-11(16)14-13(3,4)12(15)17/h10H,5-9H2,1-4H3,(H,14,16). The van der Waals surface area contributed by atoms with Crippen LogP contribution in [0, 0.1) is 5.92 Å². The van der Waals surface area contributed by atoms with E-state index in [1.807, 2.05) is 0 Å². The number of rotatable bonds is 6. The maximum atomic E-state index is 12.0. The molecule has 1 aliphatic rings. The van der Waals surface area contributed by atoms with Crippen molar-refractivity contribution in [1.29, 1.82) is 0 Å². The summed E-state index contributed by atoms with van der Waals surface area (Å²) in [6.45, 7) is 9.76. The number of hydrogen-bond donors (Lipinski definition) is 1. The quantitative estimate of drug-likeness (QED) is 0.715. The van der Waals surface area contributed by atoms with Crippen molar-refractivity contribution < 1.29 is 14.3 Å². The molecule has 0 atom stereocenters. The third kappa shape index (κ3) is 4.29. The summed E-state index contributed by atoms with van der Waals surface area (Å²) in [7, 11) is 0. The van der Waals surface area contributed by atoms with Gasteiger partial charge in [0.05, 0.1) is 6.54 Å². The van der Waals surface area contributed by atoms with Gasteiger partial charge in [-0.05, 0) is 26.2 Å². The van der Waals surface area contributed by atoms with Gasteiger partial charge in [0.15, 0.2) is 0 Å². The van der Waals surface area contributed by atoms with E-state index in [9.17, 15) is 9.59 Å². The fraction of sp³-hybridized carbons (Fsp3) is 0.846. The minimum atomic E-state index is -0.784. The SMILES string of the molecule is CC(C)COCCCN1CC(=O)NC(C)(C)C1=O. The van der Waals surface area contributed by atoms with Gasteiger partial charge < -0.3 is 15.0 Å². The Morgan fingerprint density at radius 2 is 2.06 bits per heavy atom. The number of amides is 2. The predicted octanol–water partition coefficient (Wildman–Crippen LogP) is 0.786. The van der Waals surface area contributed by atoms with E-state index in [0.29, 0.717) is 19.1 Å². The van der Waals surface area contributed by atoms with Gasteiger partial charge in [0.25, 0.3) is 0 Å². The van der Waals surface area contributed by atoms with Crippen molar-refractivity contribution in [3.8, 4) is 0 Å². The Morgan fingerprint density at radius 1 is 1.39 bits per heavy atom. The van der Waals surface area contributed by atoms with Gasteiger partial charge in [0.1, 0.15) is 5.54 Å². The molecule has 5 nitrogen and oxygen atoms in total. The predicted molar refractivity (Wildman–Crippen MR) is 69.1 cm³/mol. The molecule has 1 aliphatic heterocycles. The number of nitrogens with zero attached hydrogens (tertiary/aromatic N) is 1. The summed E-state index contributed by atoms with van der Waals surface area (Å²) in [5.74, 6) is 0.403. The molecule has 0 spiro atoms. The molecule has 0 saturated carbocycles. The Labute approximate surface area is 109 Å². The molecule has 0 unspecified atom stereocenters. The molecule has 5 heteroatoms. The van der Waals surface area contributed by atoms with Crippen molar-refractivity contribution in [2.45, 2.75) is 39.7 Å². The van der Waals surface area contributed by atoms with Crippen LogP contribution in [0.5, 0.6) is 0 Å². The Morgan fingerprint density at radius 3 is 2.67 bits per heavy atom. The van der Waals surface area contributed by atoms with Crippen molar-refractivity contribution in [3.05, 3.63) is 0 Å². The van der Waals surface area contributed by atoms with Crippen LogP contribution in [0.25, 0.3) is 0 Å². The van der Waals surface area contributed by atoms with Gasteiger partial charge in [-0.1, -0.05) is 13.8 Å². The van der Waals surface area contributed by atoms with E-state index < -0.39 is 5.54 Å². The maximum Gasteiger partial charge on any atom is 0.248 e. The second-order valence-electron chi connectivity index (χ2n) is 5.72. The highest BCUT2D eigenvalue weighted by Gasteiger charge is 2.38. The third-order valence-electron chi connectivity index (χ3n) is 2.78. The van der Waals surface area contributed by atoms with E-state index in [0.717, 1.165) is 13.0 Å². The molecular formula is C13H24N2O3. The molecule has 1 N–H and O–H groups in total. The number of piperazine rings is 1. The van der Waals surface area contributed by atoms with Gasteiger partial charge in [-0.2, -0.15) is 0 Å². The lowest BCUT2D eigenvalue weighted by Crippen LogP contribution is -2.63. The van der Waals surface area contributed by atoms with Gasteiger partial charge in [-0.15, -0.1) is 0 Å². The topological polar surface area (TPSA) is 58.6 Å².